The van der Waals surface area contributed by atoms with E-state index in [0.717, 1.165) is 10.8 Å². The Morgan fingerprint density at radius 3 is 2.59 bits per heavy atom. The first kappa shape index (κ1) is 14.4. The number of benzene rings is 3. The van der Waals surface area contributed by atoms with E-state index in [9.17, 15) is 8.42 Å². The molecule has 0 unspecified atom stereocenters. The zero-order valence-electron chi connectivity index (χ0n) is 11.9. The molecule has 0 aliphatic rings. The molecule has 1 radical (unpaired) electrons. The van der Waals surface area contributed by atoms with Crippen LogP contribution in [0.4, 0.5) is 5.69 Å². The van der Waals surface area contributed by atoms with Crippen LogP contribution >= 0.6 is 0 Å². The minimum atomic E-state index is -3.68. The molecule has 0 spiro atoms. The maximum Gasteiger partial charge on any atom is 0.262 e. The lowest BCUT2D eigenvalue weighted by molar-refractivity contribution is 0.418. The minimum Gasteiger partial charge on any atom is -0.496 e. The van der Waals surface area contributed by atoms with E-state index in [1.54, 1.807) is 42.5 Å². The standard InChI is InChI=1S/C17H14NO3S/c1-21-17-12-15(11-13-7-5-6-10-16(13)17)22(19,20)18-14-8-3-2-4-9-14/h2-4,6-12,18H,1H3. The minimum absolute atomic E-state index is 0.153. The normalized spacial score (nSPS) is 11.3. The summed E-state index contributed by atoms with van der Waals surface area (Å²) in [5, 5.41) is 1.61. The largest absolute Gasteiger partial charge is 0.496 e. The monoisotopic (exact) mass is 312 g/mol. The summed E-state index contributed by atoms with van der Waals surface area (Å²) in [6.45, 7) is 0. The van der Waals surface area contributed by atoms with Crippen molar-refractivity contribution in [2.24, 2.45) is 0 Å². The summed E-state index contributed by atoms with van der Waals surface area (Å²) in [7, 11) is -2.16. The van der Waals surface area contributed by atoms with Crippen LogP contribution in [0.3, 0.4) is 0 Å². The van der Waals surface area contributed by atoms with Crippen molar-refractivity contribution >= 4 is 26.5 Å². The molecule has 0 aliphatic heterocycles. The van der Waals surface area contributed by atoms with Crippen molar-refractivity contribution < 1.29 is 13.2 Å². The third kappa shape index (κ3) is 2.76. The lowest BCUT2D eigenvalue weighted by Crippen LogP contribution is -2.13. The topological polar surface area (TPSA) is 55.4 Å². The summed E-state index contributed by atoms with van der Waals surface area (Å²) in [6.07, 6.45) is 0. The molecule has 5 heteroatoms. The Kier molecular flexibility index (Phi) is 3.73. The maximum atomic E-state index is 12.5. The van der Waals surface area contributed by atoms with Crippen LogP contribution in [0.15, 0.2) is 65.6 Å². The summed E-state index contributed by atoms with van der Waals surface area (Å²) < 4.78 is 32.9. The van der Waals surface area contributed by atoms with E-state index in [1.807, 2.05) is 12.1 Å². The molecule has 4 nitrogen and oxygen atoms in total. The van der Waals surface area contributed by atoms with E-state index < -0.39 is 10.0 Å². The van der Waals surface area contributed by atoms with Gasteiger partial charge in [-0.15, -0.1) is 0 Å². The Balaban J connectivity index is 2.09. The first-order valence-corrected chi connectivity index (χ1v) is 8.14. The van der Waals surface area contributed by atoms with Crippen LogP contribution in [0.25, 0.3) is 10.8 Å². The van der Waals surface area contributed by atoms with Gasteiger partial charge < -0.3 is 4.74 Å². The Bertz CT molecular complexity index is 906. The quantitative estimate of drug-likeness (QED) is 0.803. The van der Waals surface area contributed by atoms with Gasteiger partial charge in [-0.2, -0.15) is 0 Å². The number of ether oxygens (including phenoxy) is 1. The van der Waals surface area contributed by atoms with Gasteiger partial charge in [0.2, 0.25) is 0 Å². The Morgan fingerprint density at radius 1 is 1.09 bits per heavy atom. The number of methoxy groups -OCH3 is 1. The van der Waals surface area contributed by atoms with E-state index in [0.29, 0.717) is 11.4 Å². The van der Waals surface area contributed by atoms with Gasteiger partial charge in [0.25, 0.3) is 10.0 Å². The van der Waals surface area contributed by atoms with Gasteiger partial charge in [0, 0.05) is 17.1 Å². The van der Waals surface area contributed by atoms with Gasteiger partial charge in [-0.3, -0.25) is 4.72 Å². The zero-order valence-corrected chi connectivity index (χ0v) is 12.7. The zero-order chi connectivity index (χ0) is 15.6. The van der Waals surface area contributed by atoms with Crippen LogP contribution in [0.2, 0.25) is 0 Å². The fourth-order valence-corrected chi connectivity index (χ4v) is 3.34. The second-order valence-corrected chi connectivity index (χ2v) is 6.43. The van der Waals surface area contributed by atoms with E-state index in [2.05, 4.69) is 10.8 Å². The van der Waals surface area contributed by atoms with E-state index >= 15 is 0 Å². The number of para-hydroxylation sites is 1. The van der Waals surface area contributed by atoms with Gasteiger partial charge in [0.1, 0.15) is 5.75 Å². The number of hydrogen-bond donors (Lipinski definition) is 1. The lowest BCUT2D eigenvalue weighted by Gasteiger charge is -2.11. The second kappa shape index (κ2) is 5.69. The molecule has 1 N–H and O–H groups in total. The van der Waals surface area contributed by atoms with Crippen molar-refractivity contribution in [3.63, 3.8) is 0 Å². The number of anilines is 1. The highest BCUT2D eigenvalue weighted by Crippen LogP contribution is 2.30. The predicted molar refractivity (Wildman–Crippen MR) is 86.6 cm³/mol. The fourth-order valence-electron chi connectivity index (χ4n) is 2.23. The molecule has 22 heavy (non-hydrogen) atoms. The molecule has 0 atom stereocenters. The van der Waals surface area contributed by atoms with E-state index in [4.69, 9.17) is 4.74 Å². The second-order valence-electron chi connectivity index (χ2n) is 4.74. The molecular formula is C17H14NO3S. The van der Waals surface area contributed by atoms with Gasteiger partial charge in [-0.1, -0.05) is 30.3 Å². The molecule has 0 bridgehead atoms. The van der Waals surface area contributed by atoms with Gasteiger partial charge in [-0.05, 0) is 35.7 Å². The maximum absolute atomic E-state index is 12.5. The molecule has 3 rings (SSSR count). The molecule has 0 saturated heterocycles. The molecular weight excluding hydrogens is 298 g/mol. The summed E-state index contributed by atoms with van der Waals surface area (Å²) in [5.41, 5.74) is 0.515. The van der Waals surface area contributed by atoms with Gasteiger partial charge >= 0.3 is 0 Å². The molecule has 0 heterocycles. The molecule has 0 amide bonds. The first-order chi connectivity index (χ1) is 10.6. The van der Waals surface area contributed by atoms with Crippen molar-refractivity contribution in [1.82, 2.24) is 0 Å². The average Bonchev–Trinajstić information content (AvgIpc) is 2.54. The smallest absolute Gasteiger partial charge is 0.262 e. The van der Waals surface area contributed by atoms with Crippen LogP contribution < -0.4 is 9.46 Å². The summed E-state index contributed by atoms with van der Waals surface area (Å²) >= 11 is 0. The molecule has 0 fully saturated rings. The summed E-state index contributed by atoms with van der Waals surface area (Å²) in [6, 6.07) is 20.2. The number of rotatable bonds is 4. The lowest BCUT2D eigenvalue weighted by atomic mass is 10.1. The molecule has 3 aromatic carbocycles. The highest BCUT2D eigenvalue weighted by atomic mass is 32.2. The Labute approximate surface area is 129 Å². The van der Waals surface area contributed by atoms with Gasteiger partial charge in [-0.25, -0.2) is 8.42 Å². The van der Waals surface area contributed by atoms with Gasteiger partial charge in [0.15, 0.2) is 0 Å². The van der Waals surface area contributed by atoms with Crippen molar-refractivity contribution in [2.45, 2.75) is 4.90 Å². The fraction of sp³-hybridized carbons (Fsp3) is 0.0588. The van der Waals surface area contributed by atoms with Crippen LogP contribution in [-0.2, 0) is 10.0 Å². The third-order valence-electron chi connectivity index (χ3n) is 3.29. The summed E-state index contributed by atoms with van der Waals surface area (Å²) in [4.78, 5) is 0.153. The van der Waals surface area contributed by atoms with Crippen LogP contribution in [0, 0.1) is 6.07 Å². The number of nitrogens with one attached hydrogen (secondary N) is 1. The van der Waals surface area contributed by atoms with Crippen molar-refractivity contribution in [3.05, 3.63) is 66.7 Å². The SMILES string of the molecule is COc1cc(S(=O)(=O)Nc2ccccc2)cc2c[c]ccc12. The van der Waals surface area contributed by atoms with Crippen LogP contribution in [0.1, 0.15) is 0 Å². The number of hydrogen-bond acceptors (Lipinski definition) is 3. The molecule has 3 aromatic rings. The molecule has 111 valence electrons. The van der Waals surface area contributed by atoms with Gasteiger partial charge in [0.05, 0.1) is 12.0 Å². The van der Waals surface area contributed by atoms with E-state index in [1.165, 1.54) is 13.2 Å². The van der Waals surface area contributed by atoms with Crippen LogP contribution in [-0.4, -0.2) is 15.5 Å². The van der Waals surface area contributed by atoms with Crippen molar-refractivity contribution in [2.75, 3.05) is 11.8 Å². The first-order valence-electron chi connectivity index (χ1n) is 6.66. The summed E-state index contributed by atoms with van der Waals surface area (Å²) in [5.74, 6) is 0.514. The highest BCUT2D eigenvalue weighted by molar-refractivity contribution is 7.92. The molecule has 0 saturated carbocycles. The number of fused-ring (bicyclic) bond motifs is 1. The predicted octanol–water partition coefficient (Wildman–Crippen LogP) is 3.45. The molecule has 0 aromatic heterocycles. The average molecular weight is 312 g/mol. The van der Waals surface area contributed by atoms with Crippen LogP contribution in [0.5, 0.6) is 5.75 Å². The highest BCUT2D eigenvalue weighted by Gasteiger charge is 2.17. The number of sulfonamides is 1. The Morgan fingerprint density at radius 2 is 1.86 bits per heavy atom. The van der Waals surface area contributed by atoms with E-state index in [-0.39, 0.29) is 4.90 Å². The van der Waals surface area contributed by atoms with Crippen molar-refractivity contribution in [1.29, 1.82) is 0 Å². The van der Waals surface area contributed by atoms with Crippen molar-refractivity contribution in [3.8, 4) is 5.75 Å². The molecule has 0 aliphatic carbocycles. The third-order valence-corrected chi connectivity index (χ3v) is 4.65. The Hall–Kier alpha value is -2.53.